The Balaban J connectivity index is 1.75. The molecule has 2 rings (SSSR count). The number of carbonyl (C=O) groups excluding carboxylic acids is 1. The van der Waals surface area contributed by atoms with Gasteiger partial charge in [0.15, 0.2) is 5.96 Å². The summed E-state index contributed by atoms with van der Waals surface area (Å²) >= 11 is 0. The van der Waals surface area contributed by atoms with Crippen molar-refractivity contribution in [3.63, 3.8) is 0 Å². The van der Waals surface area contributed by atoms with E-state index in [-0.39, 0.29) is 17.4 Å². The van der Waals surface area contributed by atoms with Gasteiger partial charge in [-0.3, -0.25) is 9.79 Å². The molecular weight excluding hydrogens is 252 g/mol. The molecule has 2 aliphatic rings. The highest BCUT2D eigenvalue weighted by Gasteiger charge is 2.53. The molecule has 0 atom stereocenters. The number of hydrogen-bond acceptors (Lipinski definition) is 2. The van der Waals surface area contributed by atoms with Crippen molar-refractivity contribution < 1.29 is 4.79 Å². The Labute approximate surface area is 122 Å². The summed E-state index contributed by atoms with van der Waals surface area (Å²) in [6.45, 7) is 11.5. The molecule has 20 heavy (non-hydrogen) atoms. The van der Waals surface area contributed by atoms with E-state index in [4.69, 9.17) is 0 Å². The van der Waals surface area contributed by atoms with E-state index in [1.165, 1.54) is 0 Å². The number of rotatable bonds is 4. The molecule has 0 aromatic rings. The zero-order valence-corrected chi connectivity index (χ0v) is 13.4. The van der Waals surface area contributed by atoms with Crippen molar-refractivity contribution in [2.75, 3.05) is 26.7 Å². The van der Waals surface area contributed by atoms with E-state index in [9.17, 15) is 4.79 Å². The number of hydrogen-bond donors (Lipinski definition) is 2. The summed E-state index contributed by atoms with van der Waals surface area (Å²) in [6, 6.07) is 0. The van der Waals surface area contributed by atoms with Crippen molar-refractivity contribution in [2.45, 2.75) is 46.1 Å². The van der Waals surface area contributed by atoms with Gasteiger partial charge in [-0.15, -0.1) is 0 Å². The van der Waals surface area contributed by atoms with Gasteiger partial charge >= 0.3 is 0 Å². The van der Waals surface area contributed by atoms with Crippen molar-refractivity contribution in [2.24, 2.45) is 16.3 Å². The van der Waals surface area contributed by atoms with E-state index in [1.54, 1.807) is 0 Å². The van der Waals surface area contributed by atoms with Crippen LogP contribution < -0.4 is 10.6 Å². The zero-order chi connectivity index (χ0) is 15.0. The average molecular weight is 280 g/mol. The lowest BCUT2D eigenvalue weighted by molar-refractivity contribution is -0.122. The Hall–Kier alpha value is -1.26. The van der Waals surface area contributed by atoms with E-state index in [0.29, 0.717) is 12.0 Å². The van der Waals surface area contributed by atoms with Gasteiger partial charge < -0.3 is 15.5 Å². The molecule has 5 nitrogen and oxygen atoms in total. The Kier molecular flexibility index (Phi) is 3.98. The van der Waals surface area contributed by atoms with Crippen LogP contribution in [0, 0.1) is 11.3 Å². The number of carbonyl (C=O) groups is 1. The lowest BCUT2D eigenvalue weighted by Gasteiger charge is -2.62. The number of aliphatic imine (C=N–C) groups is 1. The third kappa shape index (κ3) is 2.76. The first kappa shape index (κ1) is 15.1. The minimum atomic E-state index is 0.103. The molecule has 1 heterocycles. The summed E-state index contributed by atoms with van der Waals surface area (Å²) in [5.41, 5.74) is 0.400. The van der Waals surface area contributed by atoms with Gasteiger partial charge in [0.1, 0.15) is 0 Å². The van der Waals surface area contributed by atoms with Crippen molar-refractivity contribution in [1.82, 2.24) is 15.5 Å². The fraction of sp³-hybridized carbons (Fsp3) is 0.867. The number of nitrogens with one attached hydrogen (secondary N) is 2. The smallest absolute Gasteiger partial charge is 0.223 e. The molecule has 0 aromatic heterocycles. The van der Waals surface area contributed by atoms with E-state index >= 15 is 0 Å². The Bertz CT molecular complexity index is 410. The van der Waals surface area contributed by atoms with Crippen LogP contribution in [0.3, 0.4) is 0 Å². The van der Waals surface area contributed by atoms with Gasteiger partial charge in [0.2, 0.25) is 5.91 Å². The SMILES string of the molecule is CN=C(NCCNC(=O)C1CC1)N1CC(C)(C)C1(C)C. The topological polar surface area (TPSA) is 56.7 Å². The molecule has 1 saturated carbocycles. The number of amides is 1. The maximum Gasteiger partial charge on any atom is 0.223 e. The van der Waals surface area contributed by atoms with Gasteiger partial charge in [-0.1, -0.05) is 13.8 Å². The van der Waals surface area contributed by atoms with Gasteiger partial charge in [0.25, 0.3) is 0 Å². The van der Waals surface area contributed by atoms with Crippen molar-refractivity contribution in [3.8, 4) is 0 Å². The fourth-order valence-electron chi connectivity index (χ4n) is 2.55. The summed E-state index contributed by atoms with van der Waals surface area (Å²) in [7, 11) is 1.81. The molecule has 0 spiro atoms. The van der Waals surface area contributed by atoms with Crippen LogP contribution in [0.4, 0.5) is 0 Å². The van der Waals surface area contributed by atoms with Crippen molar-refractivity contribution in [1.29, 1.82) is 0 Å². The first-order chi connectivity index (χ1) is 9.29. The highest BCUT2D eigenvalue weighted by molar-refractivity contribution is 5.82. The highest BCUT2D eigenvalue weighted by Crippen LogP contribution is 2.46. The normalized spacial score (nSPS) is 24.1. The maximum absolute atomic E-state index is 11.5. The average Bonchev–Trinajstić information content (AvgIpc) is 3.21. The number of likely N-dealkylation sites (tertiary alicyclic amines) is 1. The second-order valence-corrected chi connectivity index (χ2v) is 7.07. The van der Waals surface area contributed by atoms with Crippen molar-refractivity contribution in [3.05, 3.63) is 0 Å². The predicted octanol–water partition coefficient (Wildman–Crippen LogP) is 1.21. The third-order valence-electron chi connectivity index (χ3n) is 5.01. The third-order valence-corrected chi connectivity index (χ3v) is 5.01. The van der Waals surface area contributed by atoms with Crippen LogP contribution in [-0.2, 0) is 4.79 Å². The van der Waals surface area contributed by atoms with Crippen LogP contribution in [0.25, 0.3) is 0 Å². The van der Waals surface area contributed by atoms with Gasteiger partial charge in [0.05, 0.1) is 0 Å². The molecule has 0 unspecified atom stereocenters. The standard InChI is InChI=1S/C15H28N4O/c1-14(2)10-19(15(14,3)4)13(16-5)18-9-8-17-12(20)11-6-7-11/h11H,6-10H2,1-5H3,(H,16,18)(H,17,20). The van der Waals surface area contributed by atoms with E-state index in [2.05, 4.69) is 48.2 Å². The number of guanidine groups is 1. The molecule has 0 bridgehead atoms. The lowest BCUT2D eigenvalue weighted by Crippen LogP contribution is -2.72. The van der Waals surface area contributed by atoms with Gasteiger partial charge in [-0.2, -0.15) is 0 Å². The van der Waals surface area contributed by atoms with Crippen molar-refractivity contribution >= 4 is 11.9 Å². The first-order valence-electron chi connectivity index (χ1n) is 7.55. The summed E-state index contributed by atoms with van der Waals surface area (Å²) in [6.07, 6.45) is 2.11. The molecule has 0 aromatic carbocycles. The minimum absolute atomic E-state index is 0.103. The van der Waals surface area contributed by atoms with Crippen LogP contribution in [0.5, 0.6) is 0 Å². The summed E-state index contributed by atoms with van der Waals surface area (Å²) < 4.78 is 0. The monoisotopic (exact) mass is 280 g/mol. The number of nitrogens with zero attached hydrogens (tertiary/aromatic N) is 2. The molecule has 1 aliphatic carbocycles. The maximum atomic E-state index is 11.5. The summed E-state index contributed by atoms with van der Waals surface area (Å²) in [5, 5.41) is 6.30. The van der Waals surface area contributed by atoms with Crippen LogP contribution in [-0.4, -0.2) is 49.0 Å². The minimum Gasteiger partial charge on any atom is -0.354 e. The zero-order valence-electron chi connectivity index (χ0n) is 13.4. The summed E-state index contributed by atoms with van der Waals surface area (Å²) in [4.78, 5) is 18.2. The molecule has 0 radical (unpaired) electrons. The van der Waals surface area contributed by atoms with Gasteiger partial charge in [-0.25, -0.2) is 0 Å². The van der Waals surface area contributed by atoms with Gasteiger partial charge in [0, 0.05) is 43.6 Å². The Morgan fingerprint density at radius 1 is 1.20 bits per heavy atom. The molecule has 1 amide bonds. The molecule has 1 aliphatic heterocycles. The molecule has 2 N–H and O–H groups in total. The van der Waals surface area contributed by atoms with Crippen LogP contribution >= 0.6 is 0 Å². The second kappa shape index (κ2) is 5.26. The molecule has 5 heteroatoms. The molecular formula is C15H28N4O. The quantitative estimate of drug-likeness (QED) is 0.462. The van der Waals surface area contributed by atoms with Crippen LogP contribution in [0.2, 0.25) is 0 Å². The van der Waals surface area contributed by atoms with E-state index < -0.39 is 0 Å². The fourth-order valence-corrected chi connectivity index (χ4v) is 2.55. The predicted molar refractivity (Wildman–Crippen MR) is 81.7 cm³/mol. The largest absolute Gasteiger partial charge is 0.354 e. The molecule has 114 valence electrons. The van der Waals surface area contributed by atoms with Crippen LogP contribution in [0.1, 0.15) is 40.5 Å². The molecule has 1 saturated heterocycles. The van der Waals surface area contributed by atoms with E-state index in [1.807, 2.05) is 7.05 Å². The second-order valence-electron chi connectivity index (χ2n) is 7.07. The molecule has 2 fully saturated rings. The van der Waals surface area contributed by atoms with E-state index in [0.717, 1.165) is 31.9 Å². The Morgan fingerprint density at radius 2 is 1.80 bits per heavy atom. The lowest BCUT2D eigenvalue weighted by atomic mass is 9.65. The van der Waals surface area contributed by atoms with Crippen LogP contribution in [0.15, 0.2) is 4.99 Å². The highest BCUT2D eigenvalue weighted by atomic mass is 16.2. The first-order valence-corrected chi connectivity index (χ1v) is 7.55. The Morgan fingerprint density at radius 3 is 2.25 bits per heavy atom. The van der Waals surface area contributed by atoms with Gasteiger partial charge in [-0.05, 0) is 26.7 Å². The summed E-state index contributed by atoms with van der Waals surface area (Å²) in [5.74, 6) is 1.41.